The first-order valence-electron chi connectivity index (χ1n) is 5.87. The van der Waals surface area contributed by atoms with Gasteiger partial charge in [-0.05, 0) is 26.0 Å². The first-order chi connectivity index (χ1) is 9.19. The molecule has 102 valence electrons. The van der Waals surface area contributed by atoms with Gasteiger partial charge in [0, 0.05) is 17.7 Å². The van der Waals surface area contributed by atoms with E-state index < -0.39 is 0 Å². The van der Waals surface area contributed by atoms with Gasteiger partial charge in [0.2, 0.25) is 0 Å². The summed E-state index contributed by atoms with van der Waals surface area (Å²) in [5, 5.41) is 12.1. The van der Waals surface area contributed by atoms with Crippen LogP contribution in [0.15, 0.2) is 22.5 Å². The van der Waals surface area contributed by atoms with Gasteiger partial charge in [0.25, 0.3) is 0 Å². The summed E-state index contributed by atoms with van der Waals surface area (Å²) < 4.78 is 5.52. The molecule has 4 nitrogen and oxygen atoms in total. The number of aromatic nitrogens is 3. The number of hydrogen-bond acceptors (Lipinski definition) is 6. The van der Waals surface area contributed by atoms with Crippen molar-refractivity contribution in [2.24, 2.45) is 0 Å². The molecule has 2 aromatic rings. The molecule has 0 saturated heterocycles. The fourth-order valence-electron chi connectivity index (χ4n) is 1.43. The number of hydrogen-bond donors (Lipinski definition) is 0. The molecule has 19 heavy (non-hydrogen) atoms. The van der Waals surface area contributed by atoms with Gasteiger partial charge in [-0.1, -0.05) is 23.4 Å². The van der Waals surface area contributed by atoms with Crippen molar-refractivity contribution in [2.45, 2.75) is 30.7 Å². The summed E-state index contributed by atoms with van der Waals surface area (Å²) in [5.41, 5.74) is 1.04. The molecule has 2 rings (SSSR count). The Morgan fingerprint density at radius 2 is 2.26 bits per heavy atom. The van der Waals surface area contributed by atoms with Crippen LogP contribution in [0.3, 0.4) is 0 Å². The second-order valence-corrected chi connectivity index (χ2v) is 6.03. The Balaban J connectivity index is 1.91. The zero-order chi connectivity index (χ0) is 13.7. The summed E-state index contributed by atoms with van der Waals surface area (Å²) in [5.74, 6) is 0.770. The number of thiazole rings is 1. The van der Waals surface area contributed by atoms with Crippen LogP contribution in [0.4, 0.5) is 0 Å². The van der Waals surface area contributed by atoms with Crippen LogP contribution >= 0.6 is 34.7 Å². The summed E-state index contributed by atoms with van der Waals surface area (Å²) >= 11 is 8.91. The minimum atomic E-state index is 0.0593. The number of thioether (sulfide) groups is 1. The molecule has 0 aliphatic carbocycles. The maximum atomic E-state index is 5.69. The average molecular weight is 316 g/mol. The van der Waals surface area contributed by atoms with Crippen LogP contribution in [0, 0.1) is 0 Å². The quantitative estimate of drug-likeness (QED) is 0.755. The molecule has 0 aromatic carbocycles. The number of ether oxygens (including phenoxy) is 1. The SMILES string of the molecule is CCOC(C)c1nc(CSc2ccc(Cl)nn2)cs1. The highest BCUT2D eigenvalue weighted by molar-refractivity contribution is 7.98. The van der Waals surface area contributed by atoms with E-state index in [1.54, 1.807) is 29.2 Å². The van der Waals surface area contributed by atoms with E-state index in [1.165, 1.54) is 0 Å². The highest BCUT2D eigenvalue weighted by Crippen LogP contribution is 2.25. The second-order valence-electron chi connectivity index (χ2n) is 3.76. The predicted octanol–water partition coefficient (Wildman–Crippen LogP) is 3.98. The molecule has 2 heterocycles. The van der Waals surface area contributed by atoms with Crippen LogP contribution < -0.4 is 0 Å². The van der Waals surface area contributed by atoms with Crippen LogP contribution in [0.2, 0.25) is 5.15 Å². The third-order valence-corrected chi connectivity index (χ3v) is 4.52. The smallest absolute Gasteiger partial charge is 0.151 e. The molecule has 0 saturated carbocycles. The maximum absolute atomic E-state index is 5.69. The fourth-order valence-corrected chi connectivity index (χ4v) is 3.16. The highest BCUT2D eigenvalue weighted by atomic mass is 35.5. The Morgan fingerprint density at radius 1 is 1.42 bits per heavy atom. The first-order valence-corrected chi connectivity index (χ1v) is 8.11. The Hall–Kier alpha value is -0.690. The van der Waals surface area contributed by atoms with Crippen LogP contribution in [0.25, 0.3) is 0 Å². The van der Waals surface area contributed by atoms with Crippen molar-refractivity contribution in [1.29, 1.82) is 0 Å². The lowest BCUT2D eigenvalue weighted by Gasteiger charge is -2.06. The van der Waals surface area contributed by atoms with Crippen molar-refractivity contribution in [2.75, 3.05) is 6.61 Å². The van der Waals surface area contributed by atoms with Gasteiger partial charge in [0.1, 0.15) is 16.1 Å². The van der Waals surface area contributed by atoms with Gasteiger partial charge in [-0.25, -0.2) is 4.98 Å². The van der Waals surface area contributed by atoms with E-state index >= 15 is 0 Å². The zero-order valence-corrected chi connectivity index (χ0v) is 13.1. The third-order valence-electron chi connectivity index (χ3n) is 2.31. The Bertz CT molecular complexity index is 518. The molecule has 0 bridgehead atoms. The van der Waals surface area contributed by atoms with Crippen molar-refractivity contribution < 1.29 is 4.74 Å². The van der Waals surface area contributed by atoms with Gasteiger partial charge < -0.3 is 4.74 Å². The van der Waals surface area contributed by atoms with Crippen molar-refractivity contribution in [3.63, 3.8) is 0 Å². The first kappa shape index (κ1) is 14.7. The summed E-state index contributed by atoms with van der Waals surface area (Å²) in [7, 11) is 0. The van der Waals surface area contributed by atoms with E-state index in [0.29, 0.717) is 11.8 Å². The van der Waals surface area contributed by atoms with E-state index in [0.717, 1.165) is 21.5 Å². The number of halogens is 1. The van der Waals surface area contributed by atoms with Gasteiger partial charge in [-0.3, -0.25) is 0 Å². The minimum absolute atomic E-state index is 0.0593. The van der Waals surface area contributed by atoms with Gasteiger partial charge in [-0.15, -0.1) is 21.5 Å². The molecule has 0 fully saturated rings. The molecule has 2 aromatic heterocycles. The molecular formula is C12H14ClN3OS2. The maximum Gasteiger partial charge on any atom is 0.151 e. The van der Waals surface area contributed by atoms with Crippen molar-refractivity contribution in [3.05, 3.63) is 33.4 Å². The largest absolute Gasteiger partial charge is 0.372 e. The summed E-state index contributed by atoms with van der Waals surface area (Å²) in [6.07, 6.45) is 0.0593. The molecule has 0 radical (unpaired) electrons. The van der Waals surface area contributed by atoms with Crippen molar-refractivity contribution >= 4 is 34.7 Å². The molecule has 1 unspecified atom stereocenters. The third kappa shape index (κ3) is 4.42. The predicted molar refractivity (Wildman–Crippen MR) is 78.8 cm³/mol. The summed E-state index contributed by atoms with van der Waals surface area (Å²) in [6.45, 7) is 4.70. The van der Waals surface area contributed by atoms with Gasteiger partial charge in [0.15, 0.2) is 5.15 Å². The second kappa shape index (κ2) is 7.19. The minimum Gasteiger partial charge on any atom is -0.372 e. The molecule has 0 aliphatic rings. The van der Waals surface area contributed by atoms with Crippen LogP contribution in [0.1, 0.15) is 30.7 Å². The van der Waals surface area contributed by atoms with Gasteiger partial charge in [-0.2, -0.15) is 0 Å². The zero-order valence-electron chi connectivity index (χ0n) is 10.7. The van der Waals surface area contributed by atoms with Gasteiger partial charge in [0.05, 0.1) is 5.69 Å². The van der Waals surface area contributed by atoms with Crippen LogP contribution in [-0.2, 0) is 10.5 Å². The van der Waals surface area contributed by atoms with E-state index in [4.69, 9.17) is 16.3 Å². The van der Waals surface area contributed by atoms with Crippen LogP contribution in [0.5, 0.6) is 0 Å². The summed E-state index contributed by atoms with van der Waals surface area (Å²) in [6, 6.07) is 3.59. The molecule has 1 atom stereocenters. The molecular weight excluding hydrogens is 302 g/mol. The standard InChI is InChI=1S/C12H14ClN3OS2/c1-3-17-8(2)12-14-9(7-19-12)6-18-11-5-4-10(13)15-16-11/h4-5,7-8H,3,6H2,1-2H3. The van der Waals surface area contributed by atoms with E-state index in [2.05, 4.69) is 20.6 Å². The molecule has 0 aliphatic heterocycles. The average Bonchev–Trinajstić information content (AvgIpc) is 2.87. The lowest BCUT2D eigenvalue weighted by molar-refractivity contribution is 0.0761. The topological polar surface area (TPSA) is 47.9 Å². The molecule has 7 heteroatoms. The van der Waals surface area contributed by atoms with Crippen molar-refractivity contribution in [3.8, 4) is 0 Å². The highest BCUT2D eigenvalue weighted by Gasteiger charge is 2.10. The normalized spacial score (nSPS) is 12.6. The van der Waals surface area contributed by atoms with E-state index in [-0.39, 0.29) is 6.10 Å². The van der Waals surface area contributed by atoms with Crippen LogP contribution in [-0.4, -0.2) is 21.8 Å². The van der Waals surface area contributed by atoms with Crippen molar-refractivity contribution in [1.82, 2.24) is 15.2 Å². The fraction of sp³-hybridized carbons (Fsp3) is 0.417. The van der Waals surface area contributed by atoms with E-state index in [9.17, 15) is 0 Å². The summed E-state index contributed by atoms with van der Waals surface area (Å²) in [4.78, 5) is 4.56. The molecule has 0 spiro atoms. The lowest BCUT2D eigenvalue weighted by atomic mass is 10.4. The molecule has 0 amide bonds. The lowest BCUT2D eigenvalue weighted by Crippen LogP contribution is -1.98. The Morgan fingerprint density at radius 3 is 2.95 bits per heavy atom. The van der Waals surface area contributed by atoms with Gasteiger partial charge >= 0.3 is 0 Å². The number of rotatable bonds is 6. The Kier molecular flexibility index (Phi) is 5.57. The molecule has 0 N–H and O–H groups in total. The van der Waals surface area contributed by atoms with E-state index in [1.807, 2.05) is 19.9 Å². The Labute approximate surface area is 125 Å². The number of nitrogens with zero attached hydrogens (tertiary/aromatic N) is 3. The monoisotopic (exact) mass is 315 g/mol.